The maximum Gasteiger partial charge on any atom is 0.222 e. The number of pyridine rings is 1. The van der Waals surface area contributed by atoms with Crippen LogP contribution in [0.3, 0.4) is 0 Å². The van der Waals surface area contributed by atoms with E-state index in [1.54, 1.807) is 0 Å². The normalized spacial score (nSPS) is 11.3. The van der Waals surface area contributed by atoms with Crippen molar-refractivity contribution in [3.63, 3.8) is 0 Å². The van der Waals surface area contributed by atoms with E-state index in [9.17, 15) is 4.79 Å². The van der Waals surface area contributed by atoms with Crippen LogP contribution in [0.25, 0.3) is 0 Å². The Hall–Kier alpha value is -0.710. The zero-order chi connectivity index (χ0) is 14.6. The van der Waals surface area contributed by atoms with Crippen molar-refractivity contribution in [3.05, 3.63) is 21.3 Å². The predicted octanol–water partition coefficient (Wildman–Crippen LogP) is 3.76. The molecule has 0 bridgehead atoms. The molecule has 0 aliphatic carbocycles. The van der Waals surface area contributed by atoms with Gasteiger partial charge in [0.15, 0.2) is 0 Å². The maximum atomic E-state index is 11.6. The van der Waals surface area contributed by atoms with E-state index < -0.39 is 0 Å². The molecule has 0 saturated heterocycles. The zero-order valence-corrected chi connectivity index (χ0v) is 13.2. The van der Waals surface area contributed by atoms with E-state index in [1.807, 2.05) is 20.8 Å². The Balaban J connectivity index is 2.50. The molecule has 0 atom stereocenters. The largest absolute Gasteiger partial charge is 0.368 e. The van der Waals surface area contributed by atoms with E-state index in [1.165, 1.54) is 6.07 Å². The number of aromatic nitrogens is 1. The van der Waals surface area contributed by atoms with Crippen molar-refractivity contribution in [2.45, 2.75) is 32.7 Å². The first-order valence-electron chi connectivity index (χ1n) is 5.75. The molecular weight excluding hydrogens is 309 g/mol. The van der Waals surface area contributed by atoms with Gasteiger partial charge in [-0.15, -0.1) is 0 Å². The highest BCUT2D eigenvalue weighted by molar-refractivity contribution is 6.42. The number of hydrogen-bond acceptors (Lipinski definition) is 3. The summed E-state index contributed by atoms with van der Waals surface area (Å²) in [6.45, 7) is 6.19. The number of amides is 1. The second-order valence-corrected chi connectivity index (χ2v) is 6.24. The summed E-state index contributed by atoms with van der Waals surface area (Å²) in [5, 5.41) is 6.65. The van der Waals surface area contributed by atoms with Crippen LogP contribution < -0.4 is 10.6 Å². The van der Waals surface area contributed by atoms with Gasteiger partial charge in [-0.3, -0.25) is 4.79 Å². The molecule has 1 amide bonds. The Bertz CT molecular complexity index is 472. The lowest BCUT2D eigenvalue weighted by atomic mass is 10.1. The minimum atomic E-state index is -0.240. The molecule has 0 unspecified atom stereocenters. The van der Waals surface area contributed by atoms with E-state index in [0.29, 0.717) is 28.8 Å². The molecule has 0 aliphatic rings. The Morgan fingerprint density at radius 3 is 2.47 bits per heavy atom. The highest BCUT2D eigenvalue weighted by Gasteiger charge is 2.13. The molecule has 0 spiro atoms. The standard InChI is InChI=1S/C12H16Cl3N3O/c1-12(2,3)18-9(19)4-5-16-11-8(14)6-7(13)10(15)17-11/h6H,4-5H2,1-3H3,(H,16,17)(H,18,19). The van der Waals surface area contributed by atoms with E-state index in [-0.39, 0.29) is 16.6 Å². The van der Waals surface area contributed by atoms with Crippen LogP contribution in [0.2, 0.25) is 15.2 Å². The molecule has 106 valence electrons. The number of anilines is 1. The molecule has 1 rings (SSSR count). The number of nitrogens with zero attached hydrogens (tertiary/aromatic N) is 1. The van der Waals surface area contributed by atoms with Gasteiger partial charge in [0.2, 0.25) is 5.91 Å². The van der Waals surface area contributed by atoms with Crippen LogP contribution >= 0.6 is 34.8 Å². The molecule has 0 aromatic carbocycles. The van der Waals surface area contributed by atoms with E-state index in [0.717, 1.165) is 0 Å². The third-order valence-corrected chi connectivity index (χ3v) is 3.01. The van der Waals surface area contributed by atoms with Gasteiger partial charge in [0.25, 0.3) is 0 Å². The first-order chi connectivity index (χ1) is 8.69. The number of rotatable bonds is 4. The van der Waals surface area contributed by atoms with E-state index in [4.69, 9.17) is 34.8 Å². The second-order valence-electron chi connectivity index (χ2n) is 5.07. The predicted molar refractivity (Wildman–Crippen MR) is 80.3 cm³/mol. The lowest BCUT2D eigenvalue weighted by Gasteiger charge is -2.20. The molecule has 1 aromatic rings. The van der Waals surface area contributed by atoms with Crippen molar-refractivity contribution in [2.75, 3.05) is 11.9 Å². The summed E-state index contributed by atoms with van der Waals surface area (Å²) in [4.78, 5) is 15.6. The number of carbonyl (C=O) groups excluding carboxylic acids is 1. The number of nitrogens with one attached hydrogen (secondary N) is 2. The summed E-state index contributed by atoms with van der Waals surface area (Å²) in [6, 6.07) is 1.51. The highest BCUT2D eigenvalue weighted by atomic mass is 35.5. The number of carbonyl (C=O) groups is 1. The summed E-state index contributed by atoms with van der Waals surface area (Å²) in [7, 11) is 0. The van der Waals surface area contributed by atoms with Gasteiger partial charge in [-0.05, 0) is 26.8 Å². The summed E-state index contributed by atoms with van der Waals surface area (Å²) < 4.78 is 0. The fourth-order valence-electron chi connectivity index (χ4n) is 1.34. The first kappa shape index (κ1) is 16.3. The Labute approximate surface area is 127 Å². The molecule has 0 fully saturated rings. The fraction of sp³-hybridized carbons (Fsp3) is 0.500. The maximum absolute atomic E-state index is 11.6. The van der Waals surface area contributed by atoms with Crippen molar-refractivity contribution in [1.29, 1.82) is 0 Å². The monoisotopic (exact) mass is 323 g/mol. The van der Waals surface area contributed by atoms with Crippen LogP contribution in [0.4, 0.5) is 5.82 Å². The molecule has 19 heavy (non-hydrogen) atoms. The molecule has 0 saturated carbocycles. The van der Waals surface area contributed by atoms with Crippen LogP contribution in [-0.2, 0) is 4.79 Å². The molecular formula is C12H16Cl3N3O. The number of halogens is 3. The summed E-state index contributed by atoms with van der Waals surface area (Å²) in [5.41, 5.74) is -0.240. The zero-order valence-electron chi connectivity index (χ0n) is 11.0. The van der Waals surface area contributed by atoms with E-state index in [2.05, 4.69) is 15.6 Å². The topological polar surface area (TPSA) is 54.0 Å². The minimum Gasteiger partial charge on any atom is -0.368 e. The van der Waals surface area contributed by atoms with Crippen molar-refractivity contribution in [1.82, 2.24) is 10.3 Å². The van der Waals surface area contributed by atoms with Gasteiger partial charge in [0.05, 0.1) is 10.0 Å². The third kappa shape index (κ3) is 5.85. The van der Waals surface area contributed by atoms with E-state index >= 15 is 0 Å². The van der Waals surface area contributed by atoms with Crippen molar-refractivity contribution in [2.24, 2.45) is 0 Å². The van der Waals surface area contributed by atoms with Gasteiger partial charge < -0.3 is 10.6 Å². The van der Waals surface area contributed by atoms with Gasteiger partial charge in [0, 0.05) is 18.5 Å². The molecule has 1 heterocycles. The Morgan fingerprint density at radius 2 is 1.89 bits per heavy atom. The van der Waals surface area contributed by atoms with Crippen molar-refractivity contribution >= 4 is 46.5 Å². The van der Waals surface area contributed by atoms with Gasteiger partial charge in [0.1, 0.15) is 11.0 Å². The lowest BCUT2D eigenvalue weighted by Crippen LogP contribution is -2.41. The van der Waals surface area contributed by atoms with Gasteiger partial charge in [-0.2, -0.15) is 0 Å². The molecule has 0 radical (unpaired) electrons. The Kier molecular flexibility index (Phi) is 5.71. The average molecular weight is 325 g/mol. The smallest absolute Gasteiger partial charge is 0.222 e. The average Bonchev–Trinajstić information content (AvgIpc) is 2.22. The van der Waals surface area contributed by atoms with Crippen LogP contribution in [-0.4, -0.2) is 23.0 Å². The third-order valence-electron chi connectivity index (χ3n) is 2.05. The van der Waals surface area contributed by atoms with Gasteiger partial charge in [-0.1, -0.05) is 34.8 Å². The summed E-state index contributed by atoms with van der Waals surface area (Å²) >= 11 is 17.5. The molecule has 7 heteroatoms. The molecule has 1 aromatic heterocycles. The second kappa shape index (κ2) is 6.64. The lowest BCUT2D eigenvalue weighted by molar-refractivity contribution is -0.122. The van der Waals surface area contributed by atoms with Crippen LogP contribution in [0, 0.1) is 0 Å². The van der Waals surface area contributed by atoms with Gasteiger partial charge in [-0.25, -0.2) is 4.98 Å². The highest BCUT2D eigenvalue weighted by Crippen LogP contribution is 2.28. The molecule has 0 aliphatic heterocycles. The SMILES string of the molecule is CC(C)(C)NC(=O)CCNc1nc(Cl)c(Cl)cc1Cl. The van der Waals surface area contributed by atoms with Crippen LogP contribution in [0.5, 0.6) is 0 Å². The fourth-order valence-corrected chi connectivity index (χ4v) is 1.91. The minimum absolute atomic E-state index is 0.0452. The molecule has 2 N–H and O–H groups in total. The quantitative estimate of drug-likeness (QED) is 0.829. The van der Waals surface area contributed by atoms with Crippen LogP contribution in [0.15, 0.2) is 6.07 Å². The van der Waals surface area contributed by atoms with Gasteiger partial charge >= 0.3 is 0 Å². The number of hydrogen-bond donors (Lipinski definition) is 2. The van der Waals surface area contributed by atoms with Crippen molar-refractivity contribution in [3.8, 4) is 0 Å². The van der Waals surface area contributed by atoms with Crippen molar-refractivity contribution < 1.29 is 4.79 Å². The first-order valence-corrected chi connectivity index (χ1v) is 6.89. The summed E-state index contributed by atoms with van der Waals surface area (Å²) in [6.07, 6.45) is 0.315. The van der Waals surface area contributed by atoms with Crippen LogP contribution in [0.1, 0.15) is 27.2 Å². The Morgan fingerprint density at radius 1 is 1.26 bits per heavy atom. The molecule has 4 nitrogen and oxygen atoms in total. The summed E-state index contributed by atoms with van der Waals surface area (Å²) in [5.74, 6) is 0.371.